The van der Waals surface area contributed by atoms with Gasteiger partial charge in [0.1, 0.15) is 6.29 Å². The highest BCUT2D eigenvalue weighted by atomic mass is 28.3. The van der Waals surface area contributed by atoms with Crippen LogP contribution in [0.5, 0.6) is 0 Å². The smallest absolute Gasteiger partial charge is 0.120 e. The summed E-state index contributed by atoms with van der Waals surface area (Å²) in [4.78, 5) is 10.6. The normalized spacial score (nSPS) is 13.8. The zero-order chi connectivity index (χ0) is 12.7. The largest absolute Gasteiger partial charge is 0.303 e. The number of carbonyl (C=O) groups excluding carboxylic acids is 1. The molecule has 0 fully saturated rings. The molecular formula is C15H22OSi. The highest BCUT2D eigenvalue weighted by Crippen LogP contribution is 2.28. The first-order chi connectivity index (χ1) is 8.12. The minimum Gasteiger partial charge on any atom is -0.303 e. The first-order valence-electron chi connectivity index (χ1n) is 6.25. The summed E-state index contributed by atoms with van der Waals surface area (Å²) < 4.78 is 0. The fourth-order valence-electron chi connectivity index (χ4n) is 2.26. The Morgan fingerprint density at radius 1 is 1.24 bits per heavy atom. The van der Waals surface area contributed by atoms with Gasteiger partial charge in [0, 0.05) is 6.42 Å². The Labute approximate surface area is 106 Å². The quantitative estimate of drug-likeness (QED) is 0.426. The first kappa shape index (κ1) is 13.9. The van der Waals surface area contributed by atoms with E-state index in [9.17, 15) is 4.79 Å². The van der Waals surface area contributed by atoms with Crippen LogP contribution in [0, 0.1) is 0 Å². The second kappa shape index (κ2) is 6.55. The standard InChI is InChI=1S/C15H22OSi/c1-4-9-14(12-8-13-16)17(2,3)15-10-6-5-7-11-15/h4-7,9-11,13-14H,8,12H2,1-3H3/b9-4+/t14-/m1/s1. The number of carbonyl (C=O) groups is 1. The van der Waals surface area contributed by atoms with E-state index in [0.717, 1.165) is 12.7 Å². The highest BCUT2D eigenvalue weighted by molar-refractivity contribution is 6.91. The van der Waals surface area contributed by atoms with Crippen molar-refractivity contribution in [3.05, 3.63) is 42.5 Å². The van der Waals surface area contributed by atoms with E-state index in [-0.39, 0.29) is 0 Å². The van der Waals surface area contributed by atoms with Crippen LogP contribution in [0.25, 0.3) is 0 Å². The molecule has 0 N–H and O–H groups in total. The maximum atomic E-state index is 10.6. The highest BCUT2D eigenvalue weighted by Gasteiger charge is 2.31. The molecule has 17 heavy (non-hydrogen) atoms. The van der Waals surface area contributed by atoms with Crippen molar-refractivity contribution in [3.63, 3.8) is 0 Å². The van der Waals surface area contributed by atoms with Crippen molar-refractivity contribution in [2.75, 3.05) is 0 Å². The Kier molecular flexibility index (Phi) is 5.36. The van der Waals surface area contributed by atoms with Gasteiger partial charge in [-0.1, -0.05) is 60.8 Å². The SMILES string of the molecule is C/C=C/[C@H](CCC=O)[Si](C)(C)c1ccccc1. The van der Waals surface area contributed by atoms with Crippen LogP contribution in [0.4, 0.5) is 0 Å². The van der Waals surface area contributed by atoms with Crippen molar-refractivity contribution < 1.29 is 4.79 Å². The Balaban J connectivity index is 2.94. The third kappa shape index (κ3) is 3.67. The summed E-state index contributed by atoms with van der Waals surface area (Å²) in [5.74, 6) is 0. The monoisotopic (exact) mass is 246 g/mol. The molecule has 0 aromatic heterocycles. The molecular weight excluding hydrogens is 224 g/mol. The Hall–Kier alpha value is -1.15. The number of hydrogen-bond donors (Lipinski definition) is 0. The van der Waals surface area contributed by atoms with Crippen LogP contribution >= 0.6 is 0 Å². The van der Waals surface area contributed by atoms with E-state index < -0.39 is 8.07 Å². The van der Waals surface area contributed by atoms with E-state index in [4.69, 9.17) is 0 Å². The summed E-state index contributed by atoms with van der Waals surface area (Å²) >= 11 is 0. The van der Waals surface area contributed by atoms with Crippen LogP contribution in [0.15, 0.2) is 42.5 Å². The average molecular weight is 246 g/mol. The topological polar surface area (TPSA) is 17.1 Å². The van der Waals surface area contributed by atoms with E-state index in [0.29, 0.717) is 12.0 Å². The van der Waals surface area contributed by atoms with Crippen molar-refractivity contribution in [2.24, 2.45) is 0 Å². The molecule has 2 heteroatoms. The summed E-state index contributed by atoms with van der Waals surface area (Å²) in [6, 6.07) is 10.7. The maximum absolute atomic E-state index is 10.6. The van der Waals surface area contributed by atoms with E-state index in [2.05, 4.69) is 62.5 Å². The zero-order valence-electron chi connectivity index (χ0n) is 11.0. The van der Waals surface area contributed by atoms with Gasteiger partial charge in [0.15, 0.2) is 0 Å². The van der Waals surface area contributed by atoms with Gasteiger partial charge in [-0.3, -0.25) is 0 Å². The minimum atomic E-state index is -1.51. The van der Waals surface area contributed by atoms with Crippen molar-refractivity contribution in [2.45, 2.75) is 38.4 Å². The molecule has 0 heterocycles. The summed E-state index contributed by atoms with van der Waals surface area (Å²) in [6.07, 6.45) is 7.07. The lowest BCUT2D eigenvalue weighted by atomic mass is 10.2. The second-order valence-electron chi connectivity index (χ2n) is 4.96. The van der Waals surface area contributed by atoms with Gasteiger partial charge in [0.05, 0.1) is 8.07 Å². The van der Waals surface area contributed by atoms with Crippen LogP contribution in [0.2, 0.25) is 18.6 Å². The van der Waals surface area contributed by atoms with Crippen LogP contribution in [0.3, 0.4) is 0 Å². The van der Waals surface area contributed by atoms with Gasteiger partial charge in [0.2, 0.25) is 0 Å². The van der Waals surface area contributed by atoms with Crippen LogP contribution in [-0.4, -0.2) is 14.4 Å². The van der Waals surface area contributed by atoms with Crippen molar-refractivity contribution in [1.29, 1.82) is 0 Å². The minimum absolute atomic E-state index is 0.542. The second-order valence-corrected chi connectivity index (χ2v) is 9.73. The molecule has 0 spiro atoms. The number of aldehydes is 1. The van der Waals surface area contributed by atoms with Gasteiger partial charge < -0.3 is 4.79 Å². The van der Waals surface area contributed by atoms with Gasteiger partial charge in [-0.15, -0.1) is 0 Å². The molecule has 0 saturated carbocycles. The molecule has 0 aliphatic rings. The average Bonchev–Trinajstić information content (AvgIpc) is 2.35. The Morgan fingerprint density at radius 2 is 1.88 bits per heavy atom. The summed E-state index contributed by atoms with van der Waals surface area (Å²) in [6.45, 7) is 6.83. The molecule has 1 nitrogen and oxygen atoms in total. The van der Waals surface area contributed by atoms with Gasteiger partial charge >= 0.3 is 0 Å². The van der Waals surface area contributed by atoms with E-state index in [1.54, 1.807) is 0 Å². The fourth-order valence-corrected chi connectivity index (χ4v) is 5.30. The van der Waals surface area contributed by atoms with Gasteiger partial charge in [-0.05, 0) is 18.9 Å². The van der Waals surface area contributed by atoms with E-state index in [1.165, 1.54) is 5.19 Å². The van der Waals surface area contributed by atoms with E-state index >= 15 is 0 Å². The maximum Gasteiger partial charge on any atom is 0.120 e. The number of hydrogen-bond acceptors (Lipinski definition) is 1. The molecule has 1 aromatic carbocycles. The van der Waals surface area contributed by atoms with E-state index in [1.807, 2.05) is 0 Å². The lowest BCUT2D eigenvalue weighted by Gasteiger charge is -2.30. The van der Waals surface area contributed by atoms with Crippen molar-refractivity contribution in [3.8, 4) is 0 Å². The molecule has 1 rings (SSSR count). The molecule has 0 aliphatic heterocycles. The third-order valence-corrected chi connectivity index (χ3v) is 7.62. The molecule has 92 valence electrons. The van der Waals surface area contributed by atoms with Crippen LogP contribution in [0.1, 0.15) is 19.8 Å². The molecule has 1 atom stereocenters. The molecule has 0 amide bonds. The molecule has 0 saturated heterocycles. The summed E-state index contributed by atoms with van der Waals surface area (Å²) in [7, 11) is -1.51. The predicted molar refractivity (Wildman–Crippen MR) is 77.4 cm³/mol. The van der Waals surface area contributed by atoms with Crippen LogP contribution < -0.4 is 5.19 Å². The lowest BCUT2D eigenvalue weighted by molar-refractivity contribution is -0.107. The molecule has 1 aromatic rings. The summed E-state index contributed by atoms with van der Waals surface area (Å²) in [5, 5.41) is 1.47. The Morgan fingerprint density at radius 3 is 2.41 bits per heavy atom. The van der Waals surface area contributed by atoms with Gasteiger partial charge in [-0.2, -0.15) is 0 Å². The number of allylic oxidation sites excluding steroid dienone is 2. The van der Waals surface area contributed by atoms with Crippen molar-refractivity contribution >= 4 is 19.5 Å². The molecule has 0 radical (unpaired) electrons. The predicted octanol–water partition coefficient (Wildman–Crippen LogP) is 3.53. The lowest BCUT2D eigenvalue weighted by Crippen LogP contribution is -2.45. The molecule has 0 bridgehead atoms. The van der Waals surface area contributed by atoms with Crippen LogP contribution in [-0.2, 0) is 4.79 Å². The molecule has 0 unspecified atom stereocenters. The Bertz CT molecular complexity index is 368. The number of benzene rings is 1. The molecule has 0 aliphatic carbocycles. The zero-order valence-corrected chi connectivity index (χ0v) is 12.0. The summed E-state index contributed by atoms with van der Waals surface area (Å²) in [5.41, 5.74) is 0.542. The van der Waals surface area contributed by atoms with Gasteiger partial charge in [0.25, 0.3) is 0 Å². The third-order valence-electron chi connectivity index (χ3n) is 3.47. The number of rotatable bonds is 6. The first-order valence-corrected chi connectivity index (χ1v) is 9.32. The van der Waals surface area contributed by atoms with Gasteiger partial charge in [-0.25, -0.2) is 0 Å². The van der Waals surface area contributed by atoms with Crippen molar-refractivity contribution in [1.82, 2.24) is 0 Å². The fraction of sp³-hybridized carbons (Fsp3) is 0.400.